The van der Waals surface area contributed by atoms with Crippen molar-refractivity contribution in [3.05, 3.63) is 85.5 Å². The SMILES string of the molecule is C=CCC1(CC=CC)C(=O)N(c2ccccc2)C(=O)N(c2ccccc2)C1=O. The second-order valence-corrected chi connectivity index (χ2v) is 6.58. The van der Waals surface area contributed by atoms with E-state index in [1.54, 1.807) is 78.9 Å². The molecule has 0 N–H and O–H groups in total. The fraction of sp³-hybridized carbons (Fsp3) is 0.174. The number of amides is 4. The molecule has 0 bridgehead atoms. The number of hydrogen-bond donors (Lipinski definition) is 0. The van der Waals surface area contributed by atoms with Gasteiger partial charge in [-0.2, -0.15) is 0 Å². The van der Waals surface area contributed by atoms with Crippen LogP contribution in [-0.4, -0.2) is 17.8 Å². The van der Waals surface area contributed by atoms with Gasteiger partial charge >= 0.3 is 6.03 Å². The molecule has 5 nitrogen and oxygen atoms in total. The molecular weight excluding hydrogens is 352 g/mol. The molecule has 142 valence electrons. The van der Waals surface area contributed by atoms with Crippen molar-refractivity contribution < 1.29 is 14.4 Å². The summed E-state index contributed by atoms with van der Waals surface area (Å²) in [4.78, 5) is 42.5. The van der Waals surface area contributed by atoms with E-state index in [-0.39, 0.29) is 12.8 Å². The molecule has 4 amide bonds. The maximum atomic E-state index is 13.5. The van der Waals surface area contributed by atoms with Crippen molar-refractivity contribution in [3.8, 4) is 0 Å². The molecule has 0 spiro atoms. The summed E-state index contributed by atoms with van der Waals surface area (Å²) in [6.45, 7) is 5.57. The van der Waals surface area contributed by atoms with E-state index in [0.717, 1.165) is 9.80 Å². The third-order valence-electron chi connectivity index (χ3n) is 4.83. The minimum absolute atomic E-state index is 0.134. The molecule has 2 aromatic rings. The lowest BCUT2D eigenvalue weighted by atomic mass is 9.76. The van der Waals surface area contributed by atoms with Crippen LogP contribution in [0.2, 0.25) is 0 Å². The molecule has 1 heterocycles. The molecule has 1 aliphatic heterocycles. The zero-order valence-electron chi connectivity index (χ0n) is 15.7. The van der Waals surface area contributed by atoms with Gasteiger partial charge in [0, 0.05) is 0 Å². The van der Waals surface area contributed by atoms with Crippen molar-refractivity contribution in [1.29, 1.82) is 0 Å². The number of allylic oxidation sites excluding steroid dienone is 3. The summed E-state index contributed by atoms with van der Waals surface area (Å²) in [6.07, 6.45) is 5.45. The van der Waals surface area contributed by atoms with E-state index in [9.17, 15) is 14.4 Å². The zero-order chi connectivity index (χ0) is 20.1. The van der Waals surface area contributed by atoms with Gasteiger partial charge in [-0.15, -0.1) is 6.58 Å². The number of urea groups is 1. The summed E-state index contributed by atoms with van der Waals surface area (Å²) in [5, 5.41) is 0. The van der Waals surface area contributed by atoms with Crippen molar-refractivity contribution in [1.82, 2.24) is 0 Å². The lowest BCUT2D eigenvalue weighted by molar-refractivity contribution is -0.140. The Morgan fingerprint density at radius 1 is 0.821 bits per heavy atom. The van der Waals surface area contributed by atoms with E-state index in [1.807, 2.05) is 6.92 Å². The highest BCUT2D eigenvalue weighted by Gasteiger charge is 2.56. The van der Waals surface area contributed by atoms with E-state index < -0.39 is 23.3 Å². The van der Waals surface area contributed by atoms with Crippen LogP contribution in [0.4, 0.5) is 16.2 Å². The maximum Gasteiger partial charge on any atom is 0.342 e. The van der Waals surface area contributed by atoms with Gasteiger partial charge in [-0.1, -0.05) is 54.6 Å². The number of carbonyl (C=O) groups excluding carboxylic acids is 3. The Hall–Kier alpha value is -3.47. The first kappa shape index (κ1) is 19.3. The molecule has 0 aromatic heterocycles. The highest BCUT2D eigenvalue weighted by Crippen LogP contribution is 2.40. The number of hydrogen-bond acceptors (Lipinski definition) is 3. The van der Waals surface area contributed by atoms with Gasteiger partial charge in [0.15, 0.2) is 0 Å². The Kier molecular flexibility index (Phi) is 5.54. The van der Waals surface area contributed by atoms with Crippen molar-refractivity contribution in [2.45, 2.75) is 19.8 Å². The Bertz CT molecular complexity index is 858. The Balaban J connectivity index is 2.22. The largest absolute Gasteiger partial charge is 0.342 e. The number of imide groups is 2. The predicted octanol–water partition coefficient (Wildman–Crippen LogP) is 4.72. The Labute approximate surface area is 164 Å². The van der Waals surface area contributed by atoms with Gasteiger partial charge in [-0.05, 0) is 44.0 Å². The number of barbiturate groups is 1. The van der Waals surface area contributed by atoms with E-state index in [1.165, 1.54) is 0 Å². The van der Waals surface area contributed by atoms with Crippen LogP contribution in [0, 0.1) is 5.41 Å². The molecule has 3 rings (SSSR count). The Morgan fingerprint density at radius 3 is 1.68 bits per heavy atom. The van der Waals surface area contributed by atoms with Gasteiger partial charge in [0.25, 0.3) is 11.8 Å². The van der Waals surface area contributed by atoms with Gasteiger partial charge in [-0.25, -0.2) is 14.6 Å². The van der Waals surface area contributed by atoms with Crippen LogP contribution in [0.3, 0.4) is 0 Å². The third-order valence-corrected chi connectivity index (χ3v) is 4.83. The summed E-state index contributed by atoms with van der Waals surface area (Å²) in [5.74, 6) is -1.06. The van der Waals surface area contributed by atoms with E-state index in [0.29, 0.717) is 11.4 Å². The molecular formula is C23H22N2O3. The average Bonchev–Trinajstić information content (AvgIpc) is 2.72. The summed E-state index contributed by atoms with van der Waals surface area (Å²) in [5.41, 5.74) is -0.562. The van der Waals surface area contributed by atoms with Crippen molar-refractivity contribution in [2.24, 2.45) is 5.41 Å². The standard InChI is InChI=1S/C23H22N2O3/c1-3-5-17-23(16-4-2)20(26)24(18-12-8-6-9-13-18)22(28)25(21(23)27)19-14-10-7-11-15-19/h3-15H,2,16-17H2,1H3. The molecule has 0 aliphatic carbocycles. The van der Waals surface area contributed by atoms with Crippen molar-refractivity contribution in [2.75, 3.05) is 9.80 Å². The first-order valence-electron chi connectivity index (χ1n) is 9.12. The van der Waals surface area contributed by atoms with Gasteiger partial charge in [-0.3, -0.25) is 9.59 Å². The number of nitrogens with zero attached hydrogens (tertiary/aromatic N) is 2. The highest BCUT2D eigenvalue weighted by molar-refractivity contribution is 6.38. The molecule has 1 fully saturated rings. The van der Waals surface area contributed by atoms with E-state index in [4.69, 9.17) is 0 Å². The molecule has 0 saturated carbocycles. The molecule has 0 atom stereocenters. The lowest BCUT2D eigenvalue weighted by Gasteiger charge is -2.43. The highest BCUT2D eigenvalue weighted by atomic mass is 16.2. The van der Waals surface area contributed by atoms with Crippen LogP contribution in [0.5, 0.6) is 0 Å². The van der Waals surface area contributed by atoms with Crippen molar-refractivity contribution >= 4 is 29.2 Å². The molecule has 1 saturated heterocycles. The van der Waals surface area contributed by atoms with Crippen LogP contribution in [-0.2, 0) is 9.59 Å². The number of carbonyl (C=O) groups is 3. The minimum atomic E-state index is -1.42. The molecule has 2 aromatic carbocycles. The van der Waals surface area contributed by atoms with Crippen LogP contribution in [0.15, 0.2) is 85.5 Å². The summed E-state index contributed by atoms with van der Waals surface area (Å²) in [6, 6.07) is 16.7. The summed E-state index contributed by atoms with van der Waals surface area (Å²) < 4.78 is 0. The minimum Gasteiger partial charge on any atom is -0.273 e. The van der Waals surface area contributed by atoms with E-state index >= 15 is 0 Å². The topological polar surface area (TPSA) is 57.7 Å². The fourth-order valence-electron chi connectivity index (χ4n) is 3.40. The Morgan fingerprint density at radius 2 is 1.29 bits per heavy atom. The number of anilines is 2. The number of rotatable bonds is 6. The van der Waals surface area contributed by atoms with Crippen molar-refractivity contribution in [3.63, 3.8) is 0 Å². The van der Waals surface area contributed by atoms with Crippen LogP contribution >= 0.6 is 0 Å². The zero-order valence-corrected chi connectivity index (χ0v) is 15.7. The normalized spacial score (nSPS) is 16.7. The fourth-order valence-corrected chi connectivity index (χ4v) is 3.40. The van der Waals surface area contributed by atoms with Gasteiger partial charge in [0.2, 0.25) is 0 Å². The number of para-hydroxylation sites is 2. The summed E-state index contributed by atoms with van der Waals surface area (Å²) in [7, 11) is 0. The number of benzene rings is 2. The first-order chi connectivity index (χ1) is 13.6. The first-order valence-corrected chi connectivity index (χ1v) is 9.12. The van der Waals surface area contributed by atoms with Gasteiger partial charge in [0.05, 0.1) is 11.4 Å². The second-order valence-electron chi connectivity index (χ2n) is 6.58. The smallest absolute Gasteiger partial charge is 0.273 e. The molecule has 5 heteroatoms. The average molecular weight is 374 g/mol. The van der Waals surface area contributed by atoms with Crippen LogP contribution in [0.1, 0.15) is 19.8 Å². The van der Waals surface area contributed by atoms with E-state index in [2.05, 4.69) is 6.58 Å². The molecule has 0 radical (unpaired) electrons. The monoisotopic (exact) mass is 374 g/mol. The van der Waals surface area contributed by atoms with Gasteiger partial charge in [0.1, 0.15) is 5.41 Å². The van der Waals surface area contributed by atoms with Gasteiger partial charge < -0.3 is 0 Å². The molecule has 0 unspecified atom stereocenters. The summed E-state index contributed by atoms with van der Waals surface area (Å²) >= 11 is 0. The molecule has 1 aliphatic rings. The maximum absolute atomic E-state index is 13.5. The second kappa shape index (κ2) is 8.05. The van der Waals surface area contributed by atoms with Crippen LogP contribution in [0.25, 0.3) is 0 Å². The lowest BCUT2D eigenvalue weighted by Crippen LogP contribution is -2.65. The quantitative estimate of drug-likeness (QED) is 0.543. The molecule has 28 heavy (non-hydrogen) atoms. The third kappa shape index (κ3) is 3.16. The van der Waals surface area contributed by atoms with Crippen LogP contribution < -0.4 is 9.80 Å². The predicted molar refractivity (Wildman–Crippen MR) is 110 cm³/mol.